The van der Waals surface area contributed by atoms with Gasteiger partial charge in [-0.25, -0.2) is 0 Å². The first-order valence-corrected chi connectivity index (χ1v) is 9.39. The van der Waals surface area contributed by atoms with Gasteiger partial charge in [-0.3, -0.25) is 14.7 Å². The molecule has 0 N–H and O–H groups in total. The summed E-state index contributed by atoms with van der Waals surface area (Å²) in [4.78, 5) is 21.2. The summed E-state index contributed by atoms with van der Waals surface area (Å²) in [5.74, 6) is -0.101. The second kappa shape index (κ2) is 7.80. The van der Waals surface area contributed by atoms with Crippen LogP contribution in [0.4, 0.5) is 11.4 Å². The van der Waals surface area contributed by atoms with E-state index in [0.29, 0.717) is 14.9 Å². The zero-order valence-electron chi connectivity index (χ0n) is 14.2. The fraction of sp³-hybridized carbons (Fsp3) is 0.211. The first-order valence-electron chi connectivity index (χ1n) is 8.17. The van der Waals surface area contributed by atoms with Gasteiger partial charge in [0, 0.05) is 25.0 Å². The average Bonchev–Trinajstić information content (AvgIpc) is 2.91. The van der Waals surface area contributed by atoms with Crippen molar-refractivity contribution in [1.29, 1.82) is 0 Å². The molecule has 0 atom stereocenters. The van der Waals surface area contributed by atoms with Gasteiger partial charge in [0.25, 0.3) is 5.91 Å². The molecule has 6 heteroatoms. The van der Waals surface area contributed by atoms with Gasteiger partial charge in [0.1, 0.15) is 0 Å². The predicted octanol–water partition coefficient (Wildman–Crippen LogP) is 4.33. The molecular formula is C19H19N3OS2. The molecule has 1 aromatic carbocycles. The van der Waals surface area contributed by atoms with Crippen LogP contribution in [0.25, 0.3) is 6.08 Å². The fourth-order valence-corrected chi connectivity index (χ4v) is 4.00. The summed E-state index contributed by atoms with van der Waals surface area (Å²) in [7, 11) is 0. The largest absolute Gasteiger partial charge is 0.372 e. The standard InChI is InChI=1S/C19H19N3OS2/c1-3-21(4-2)15-9-7-14(8-10-15)12-17-18(23)22(19(24)25-17)16-6-5-11-20-13-16/h5-13H,3-4H2,1-2H3/b17-12-. The lowest BCUT2D eigenvalue weighted by Crippen LogP contribution is -2.27. The summed E-state index contributed by atoms with van der Waals surface area (Å²) in [6.45, 7) is 6.22. The molecule has 1 saturated heterocycles. The number of aromatic nitrogens is 1. The molecule has 2 aromatic rings. The SMILES string of the molecule is CCN(CC)c1ccc(/C=C2\SC(=S)N(c3cccnc3)C2=O)cc1. The van der Waals surface area contributed by atoms with Gasteiger partial charge in [0.15, 0.2) is 4.32 Å². The Hall–Kier alpha value is -2.18. The van der Waals surface area contributed by atoms with E-state index in [1.165, 1.54) is 22.3 Å². The van der Waals surface area contributed by atoms with E-state index in [0.717, 1.165) is 18.7 Å². The van der Waals surface area contributed by atoms with Crippen molar-refractivity contribution in [1.82, 2.24) is 4.98 Å². The first-order chi connectivity index (χ1) is 12.1. The quantitative estimate of drug-likeness (QED) is 0.579. The molecule has 1 amide bonds. The zero-order valence-corrected chi connectivity index (χ0v) is 15.8. The van der Waals surface area contributed by atoms with Crippen LogP contribution >= 0.6 is 24.0 Å². The summed E-state index contributed by atoms with van der Waals surface area (Å²) < 4.78 is 0.531. The van der Waals surface area contributed by atoms with Crippen molar-refractivity contribution >= 4 is 51.7 Å². The molecular weight excluding hydrogens is 350 g/mol. The average molecular weight is 370 g/mol. The summed E-state index contributed by atoms with van der Waals surface area (Å²) >= 11 is 6.69. The van der Waals surface area contributed by atoms with Crippen LogP contribution in [0.1, 0.15) is 19.4 Å². The van der Waals surface area contributed by atoms with Crippen LogP contribution in [0, 0.1) is 0 Å². The van der Waals surface area contributed by atoms with E-state index in [2.05, 4.69) is 35.9 Å². The molecule has 4 nitrogen and oxygen atoms in total. The lowest BCUT2D eigenvalue weighted by atomic mass is 10.1. The number of anilines is 2. The maximum atomic E-state index is 12.7. The van der Waals surface area contributed by atoms with Crippen molar-refractivity contribution in [2.24, 2.45) is 0 Å². The highest BCUT2D eigenvalue weighted by molar-refractivity contribution is 8.27. The Morgan fingerprint density at radius 1 is 1.20 bits per heavy atom. The summed E-state index contributed by atoms with van der Waals surface area (Å²) in [5, 5.41) is 0. The molecule has 1 aliphatic heterocycles. The van der Waals surface area contributed by atoms with E-state index < -0.39 is 0 Å². The molecule has 0 bridgehead atoms. The Balaban J connectivity index is 1.82. The number of rotatable bonds is 5. The number of carbonyl (C=O) groups excluding carboxylic acids is 1. The highest BCUT2D eigenvalue weighted by Crippen LogP contribution is 2.35. The minimum absolute atomic E-state index is 0.101. The third kappa shape index (κ3) is 3.75. The third-order valence-electron chi connectivity index (χ3n) is 4.02. The van der Waals surface area contributed by atoms with E-state index >= 15 is 0 Å². The number of nitrogens with zero attached hydrogens (tertiary/aromatic N) is 3. The molecule has 0 radical (unpaired) electrons. The van der Waals surface area contributed by atoms with Crippen LogP contribution in [0.15, 0.2) is 53.7 Å². The Labute approximate surface area is 157 Å². The van der Waals surface area contributed by atoms with Gasteiger partial charge in [0.2, 0.25) is 0 Å². The molecule has 1 fully saturated rings. The number of hydrogen-bond donors (Lipinski definition) is 0. The molecule has 0 unspecified atom stereocenters. The second-order valence-corrected chi connectivity index (χ2v) is 7.17. The Kier molecular flexibility index (Phi) is 5.50. The molecule has 2 heterocycles. The van der Waals surface area contributed by atoms with Gasteiger partial charge in [0.05, 0.1) is 16.8 Å². The Morgan fingerprint density at radius 3 is 2.52 bits per heavy atom. The number of amides is 1. The van der Waals surface area contributed by atoms with E-state index in [1.807, 2.05) is 24.3 Å². The van der Waals surface area contributed by atoms with Crippen molar-refractivity contribution in [3.63, 3.8) is 0 Å². The monoisotopic (exact) mass is 369 g/mol. The van der Waals surface area contributed by atoms with Crippen LogP contribution in [0.5, 0.6) is 0 Å². The highest BCUT2D eigenvalue weighted by atomic mass is 32.2. The molecule has 128 valence electrons. The van der Waals surface area contributed by atoms with Gasteiger partial charge in [-0.15, -0.1) is 0 Å². The number of benzene rings is 1. The van der Waals surface area contributed by atoms with E-state index in [9.17, 15) is 4.79 Å². The number of carbonyl (C=O) groups is 1. The van der Waals surface area contributed by atoms with Gasteiger partial charge in [-0.2, -0.15) is 0 Å². The zero-order chi connectivity index (χ0) is 17.8. The topological polar surface area (TPSA) is 36.4 Å². The number of hydrogen-bond acceptors (Lipinski definition) is 5. The number of thioether (sulfide) groups is 1. The van der Waals surface area contributed by atoms with Gasteiger partial charge in [-0.1, -0.05) is 36.1 Å². The Morgan fingerprint density at radius 2 is 1.92 bits per heavy atom. The molecule has 1 aromatic heterocycles. The molecule has 0 saturated carbocycles. The van der Waals surface area contributed by atoms with Crippen molar-refractivity contribution in [2.45, 2.75) is 13.8 Å². The molecule has 0 aliphatic carbocycles. The van der Waals surface area contributed by atoms with E-state index in [-0.39, 0.29) is 5.91 Å². The van der Waals surface area contributed by atoms with Crippen LogP contribution in [-0.2, 0) is 4.79 Å². The minimum Gasteiger partial charge on any atom is -0.372 e. The van der Waals surface area contributed by atoms with Gasteiger partial charge < -0.3 is 4.90 Å². The second-order valence-electron chi connectivity index (χ2n) is 5.49. The van der Waals surface area contributed by atoms with Crippen molar-refractivity contribution < 1.29 is 4.79 Å². The molecule has 25 heavy (non-hydrogen) atoms. The fourth-order valence-electron chi connectivity index (χ4n) is 2.70. The van der Waals surface area contributed by atoms with Crippen molar-refractivity contribution in [3.8, 4) is 0 Å². The lowest BCUT2D eigenvalue weighted by Gasteiger charge is -2.20. The minimum atomic E-state index is -0.101. The Bertz CT molecular complexity index is 799. The summed E-state index contributed by atoms with van der Waals surface area (Å²) in [5.41, 5.74) is 2.87. The molecule has 0 spiro atoms. The normalized spacial score (nSPS) is 15.9. The van der Waals surface area contributed by atoms with Crippen LogP contribution < -0.4 is 9.80 Å². The lowest BCUT2D eigenvalue weighted by molar-refractivity contribution is -0.113. The van der Waals surface area contributed by atoms with E-state index in [1.54, 1.807) is 18.5 Å². The summed E-state index contributed by atoms with van der Waals surface area (Å²) in [6.07, 6.45) is 5.21. The van der Waals surface area contributed by atoms with Crippen molar-refractivity contribution in [2.75, 3.05) is 22.9 Å². The van der Waals surface area contributed by atoms with Gasteiger partial charge >= 0.3 is 0 Å². The van der Waals surface area contributed by atoms with Crippen molar-refractivity contribution in [3.05, 3.63) is 59.3 Å². The smallest absolute Gasteiger partial charge is 0.270 e. The summed E-state index contributed by atoms with van der Waals surface area (Å²) in [6, 6.07) is 11.9. The maximum absolute atomic E-state index is 12.7. The molecule has 3 rings (SSSR count). The van der Waals surface area contributed by atoms with Crippen LogP contribution in [-0.4, -0.2) is 28.3 Å². The van der Waals surface area contributed by atoms with Gasteiger partial charge in [-0.05, 0) is 49.8 Å². The predicted molar refractivity (Wildman–Crippen MR) is 110 cm³/mol. The van der Waals surface area contributed by atoms with E-state index in [4.69, 9.17) is 12.2 Å². The third-order valence-corrected chi connectivity index (χ3v) is 5.32. The maximum Gasteiger partial charge on any atom is 0.270 e. The molecule has 1 aliphatic rings. The first kappa shape index (κ1) is 17.6. The number of pyridine rings is 1. The van der Waals surface area contributed by atoms with Crippen LogP contribution in [0.2, 0.25) is 0 Å². The number of thiocarbonyl (C=S) groups is 1. The highest BCUT2D eigenvalue weighted by Gasteiger charge is 2.33. The van der Waals surface area contributed by atoms with Crippen LogP contribution in [0.3, 0.4) is 0 Å².